The van der Waals surface area contributed by atoms with Gasteiger partial charge in [-0.1, -0.05) is 89.9 Å². The molecule has 4 unspecified atom stereocenters. The normalized spacial score (nSPS) is 20.0. The summed E-state index contributed by atoms with van der Waals surface area (Å²) in [6, 6.07) is 0. The highest BCUT2D eigenvalue weighted by molar-refractivity contribution is 7.47. The van der Waals surface area contributed by atoms with Gasteiger partial charge in [-0.15, -0.1) is 0 Å². The van der Waals surface area contributed by atoms with Crippen LogP contribution in [0.4, 0.5) is 0 Å². The molecular weight excluding hydrogens is 903 g/mol. The predicted octanol–water partition coefficient (Wildman–Crippen LogP) is 6.13. The number of aliphatic hydroxyl groups excluding tert-OH is 3. The average Bonchev–Trinajstić information content (AvgIpc) is 3.20. The van der Waals surface area contributed by atoms with Gasteiger partial charge in [-0.3, -0.25) is 22.9 Å². The Balaban J connectivity index is -0.000000204. The zero-order valence-electron chi connectivity index (χ0n) is 35.5. The maximum absolute atomic E-state index is 13.0. The number of carbonyl (C=O) groups excluding carboxylic acids is 2. The quantitative estimate of drug-likeness (QED) is 0.0155. The van der Waals surface area contributed by atoms with E-state index in [1.807, 2.05) is 5.92 Å². The summed E-state index contributed by atoms with van der Waals surface area (Å²) in [5, 5.41) is 31.7. The molecule has 0 saturated heterocycles. The van der Waals surface area contributed by atoms with E-state index in [-0.39, 0.29) is 32.5 Å². The molecule has 0 heterocycles. The predicted molar refractivity (Wildman–Crippen MR) is 258 cm³/mol. The summed E-state index contributed by atoms with van der Waals surface area (Å²) in [4.78, 5) is 72.4. The Morgan fingerprint density at radius 1 is 0.562 bits per heavy atom. The minimum atomic E-state index is -5.63. The molecule has 1 fully saturated rings. The van der Waals surface area contributed by atoms with Crippen LogP contribution in [-0.2, 0) is 50.9 Å². The van der Waals surface area contributed by atoms with Gasteiger partial charge in [0.05, 0.1) is 6.61 Å². The summed E-state index contributed by atoms with van der Waals surface area (Å²) in [5.41, 5.74) is 0. The third kappa shape index (κ3) is 29.5. The minimum Gasteiger partial charge on any atom is -0.456 e. The molecule has 1 saturated carbocycles. The van der Waals surface area contributed by atoms with Crippen molar-refractivity contribution in [1.29, 1.82) is 0 Å². The van der Waals surface area contributed by atoms with Crippen LogP contribution in [0.1, 0.15) is 124 Å². The smallest absolute Gasteiger partial charge is 0.456 e. The summed E-state index contributed by atoms with van der Waals surface area (Å²) < 4.78 is 64.5. The van der Waals surface area contributed by atoms with Gasteiger partial charge in [-0.25, -0.2) is 18.5 Å². The zero-order chi connectivity index (χ0) is 47.2. The fraction of sp³-hybridized carbons (Fsp3) is 0.610. The summed E-state index contributed by atoms with van der Waals surface area (Å²) in [5.74, 6) is 31.2. The van der Waals surface area contributed by atoms with Gasteiger partial charge in [-0.05, 0) is 84.4 Å². The Hall–Kier alpha value is -3.97. The van der Waals surface area contributed by atoms with Gasteiger partial charge in [0.25, 0.3) is 0 Å². The first kappa shape index (κ1) is 60.0. The molecule has 8 atom stereocenters. The van der Waals surface area contributed by atoms with E-state index in [0.29, 0.717) is 12.8 Å². The second kappa shape index (κ2) is 33.5. The third-order valence-electron chi connectivity index (χ3n) is 8.38. The van der Waals surface area contributed by atoms with Crippen molar-refractivity contribution in [3.63, 3.8) is 0 Å². The fourth-order valence-corrected chi connectivity index (χ4v) is 7.62. The molecular formula is C41H84NO19P3. The lowest BCUT2D eigenvalue weighted by Gasteiger charge is -2.44. The monoisotopic (exact) mass is 987 g/mol. The molecule has 11 N–H and O–H groups in total. The standard InChI is InChI=1S/C41H53O19P3.H3N.14H2/c1-3-5-7-9-11-13-15-17-19-21-23-25-27-29-34(42)55-31-33(57-35(43)30-28-26-24-22-20-18-16-14-12-10-8-6-4-2)32-56-63(53,54)60-39-36(44)37(45)40(58-61(47,48)49)41(38(39)46)59-62(50,51)52;;;;;;;;;;;;;;;/h33,36-41,44-46H,4,6,8,10,12,14,16,18,20,22,24,26,28,30-32H2,1-2H3,(H,53,54)(H2,47,48,49)(H2,50,51,52);1H3;14*1H/t33-,36?,37-,38+,39?,40?,41+;;;;;;;;;;;;;;;/m1.............../s1. The molecule has 0 aromatic carbocycles. The molecule has 0 aromatic heterocycles. The molecule has 1 aliphatic rings. The van der Waals surface area contributed by atoms with Crippen LogP contribution in [0.15, 0.2) is 0 Å². The van der Waals surface area contributed by atoms with Crippen molar-refractivity contribution in [2.75, 3.05) is 13.2 Å². The largest absolute Gasteiger partial charge is 0.472 e. The third-order valence-corrected chi connectivity index (χ3v) is 10.4. The van der Waals surface area contributed by atoms with Crippen LogP contribution in [0.5, 0.6) is 0 Å². The Bertz CT molecular complexity index is 2130. The number of ether oxygens (including phenoxy) is 2. The summed E-state index contributed by atoms with van der Waals surface area (Å²) >= 11 is 0. The van der Waals surface area contributed by atoms with Crippen LogP contribution in [0.3, 0.4) is 0 Å². The zero-order valence-corrected chi connectivity index (χ0v) is 38.2. The van der Waals surface area contributed by atoms with Crippen molar-refractivity contribution in [2.24, 2.45) is 0 Å². The molecule has 0 aromatic rings. The molecule has 20 nitrogen and oxygen atoms in total. The number of rotatable bonds is 26. The van der Waals surface area contributed by atoms with Crippen LogP contribution < -0.4 is 6.15 Å². The topological polar surface area (TPSA) is 338 Å². The lowest BCUT2D eigenvalue weighted by Crippen LogP contribution is -2.65. The minimum absolute atomic E-state index is 0. The van der Waals surface area contributed by atoms with Crippen LogP contribution >= 0.6 is 23.5 Å². The summed E-state index contributed by atoms with van der Waals surface area (Å²) in [6.07, 6.45) is -3.06. The highest BCUT2D eigenvalue weighted by Gasteiger charge is 2.56. The number of aliphatic hydroxyl groups is 3. The van der Waals surface area contributed by atoms with E-state index in [4.69, 9.17) is 18.5 Å². The molecule has 0 amide bonds. The molecule has 0 spiro atoms. The van der Waals surface area contributed by atoms with Crippen molar-refractivity contribution in [3.8, 4) is 82.9 Å². The highest BCUT2D eigenvalue weighted by atomic mass is 31.2. The lowest BCUT2D eigenvalue weighted by molar-refractivity contribution is -0.213. The fourth-order valence-electron chi connectivity index (χ4n) is 5.52. The van der Waals surface area contributed by atoms with Crippen LogP contribution in [0.2, 0.25) is 0 Å². The molecule has 1 rings (SSSR count). The van der Waals surface area contributed by atoms with Crippen LogP contribution in [0.25, 0.3) is 0 Å². The Morgan fingerprint density at radius 2 is 0.969 bits per heavy atom. The van der Waals surface area contributed by atoms with Crippen LogP contribution in [0, 0.1) is 82.9 Å². The lowest BCUT2D eigenvalue weighted by atomic mass is 9.85. The summed E-state index contributed by atoms with van der Waals surface area (Å²) in [7, 11) is -16.7. The SMILES string of the molecule is CC#CC#CC#CC#CC#CC#CC#CC(=O)OC[C@H](COP(=O)(O)OC1C(O)[C@@H](O)C(OP(=O)(O)O)[C@@H](OP(=O)(O)O)[C@H]1O)OC(=O)CCCCCCCCCCCCCCC.N.[HH].[HH].[HH].[HH].[HH].[HH].[HH].[HH].[HH].[HH].[HH].[HH].[HH].[HH]. The second-order valence-electron chi connectivity index (χ2n) is 13.5. The molecule has 0 aliphatic heterocycles. The number of hydrogen-bond donors (Lipinski definition) is 9. The molecule has 1 aliphatic carbocycles. The molecule has 0 radical (unpaired) electrons. The molecule has 23 heteroatoms. The summed E-state index contributed by atoms with van der Waals surface area (Å²) in [6.45, 7) is 1.99. The maximum atomic E-state index is 13.0. The van der Waals surface area contributed by atoms with E-state index in [9.17, 15) is 63.1 Å². The Morgan fingerprint density at radius 3 is 1.42 bits per heavy atom. The van der Waals surface area contributed by atoms with Crippen molar-refractivity contribution in [2.45, 2.75) is 146 Å². The number of phosphoric acid groups is 3. The van der Waals surface area contributed by atoms with Gasteiger partial charge in [0.2, 0.25) is 0 Å². The van der Waals surface area contributed by atoms with Gasteiger partial charge in [0, 0.05) is 32.3 Å². The number of esters is 2. The molecule has 382 valence electrons. The number of phosphoric ester groups is 3. The van der Waals surface area contributed by atoms with Crippen molar-refractivity contribution >= 4 is 35.4 Å². The van der Waals surface area contributed by atoms with Gasteiger partial charge in [0.15, 0.2) is 6.10 Å². The van der Waals surface area contributed by atoms with Crippen molar-refractivity contribution in [3.05, 3.63) is 0 Å². The van der Waals surface area contributed by atoms with E-state index in [1.54, 1.807) is 6.92 Å². The maximum Gasteiger partial charge on any atom is 0.472 e. The van der Waals surface area contributed by atoms with Gasteiger partial charge in [0.1, 0.15) is 43.2 Å². The number of hydrogen-bond acceptors (Lipinski definition) is 15. The Labute approximate surface area is 394 Å². The second-order valence-corrected chi connectivity index (χ2v) is 17.3. The van der Waals surface area contributed by atoms with Crippen molar-refractivity contribution < 1.29 is 111 Å². The van der Waals surface area contributed by atoms with Crippen LogP contribution in [-0.4, -0.2) is 108 Å². The first-order chi connectivity index (χ1) is 29.8. The van der Waals surface area contributed by atoms with E-state index in [0.717, 1.165) is 25.7 Å². The first-order valence-corrected chi connectivity index (χ1v) is 24.3. The van der Waals surface area contributed by atoms with Gasteiger partial charge >= 0.3 is 35.4 Å². The molecule has 64 heavy (non-hydrogen) atoms. The van der Waals surface area contributed by atoms with E-state index >= 15 is 0 Å². The molecule has 0 bridgehead atoms. The van der Waals surface area contributed by atoms with E-state index < -0.39 is 91.3 Å². The van der Waals surface area contributed by atoms with E-state index in [2.05, 4.69) is 92.9 Å². The number of unbranched alkanes of at least 4 members (excludes halogenated alkanes) is 12. The average molecular weight is 988 g/mol. The van der Waals surface area contributed by atoms with E-state index in [1.165, 1.54) is 44.9 Å². The Kier molecular flexibility index (Phi) is 31.4. The first-order valence-electron chi connectivity index (χ1n) is 19.8. The van der Waals surface area contributed by atoms with Crippen molar-refractivity contribution in [1.82, 2.24) is 6.15 Å². The van der Waals surface area contributed by atoms with Gasteiger partial charge < -0.3 is 55.4 Å². The highest BCUT2D eigenvalue weighted by Crippen LogP contribution is 2.51. The van der Waals surface area contributed by atoms with Gasteiger partial charge in [-0.2, -0.15) is 0 Å². The number of carbonyl (C=O) groups is 2.